The van der Waals surface area contributed by atoms with Crippen LogP contribution in [0.4, 0.5) is 5.69 Å². The molecule has 1 aromatic carbocycles. The van der Waals surface area contributed by atoms with Gasteiger partial charge in [0.15, 0.2) is 0 Å². The first-order valence-electron chi connectivity index (χ1n) is 10.3. The molecule has 1 N–H and O–H groups in total. The molecule has 4 aliphatic carbocycles. The van der Waals surface area contributed by atoms with Crippen molar-refractivity contribution < 1.29 is 19.1 Å². The number of nitrogens with zero attached hydrogens (tertiary/aromatic N) is 5. The number of anilines is 1. The Bertz CT molecular complexity index is 1090. The van der Waals surface area contributed by atoms with Gasteiger partial charge in [0.25, 0.3) is 0 Å². The number of allylic oxidation sites excluding steroid dienone is 2. The summed E-state index contributed by atoms with van der Waals surface area (Å²) < 4.78 is 6.74. The lowest BCUT2D eigenvalue weighted by Crippen LogP contribution is -2.40. The number of rotatable bonds is 5. The molecule has 10 nitrogen and oxygen atoms in total. The van der Waals surface area contributed by atoms with Crippen molar-refractivity contribution in [3.63, 3.8) is 0 Å². The van der Waals surface area contributed by atoms with Gasteiger partial charge in [0.1, 0.15) is 24.3 Å². The average Bonchev–Trinajstić information content (AvgIpc) is 3.36. The molecule has 158 valence electrons. The van der Waals surface area contributed by atoms with Gasteiger partial charge >= 0.3 is 0 Å². The molecule has 0 radical (unpaired) electrons. The SMILES string of the molecule is COc1ccc(NC(=O)CN2C(=O)[C@@H]3[C@H]4C=C[C@@H]([C@@H]5C[C@H]45)[C@H]3C2=O)cc1-n1cnnn1. The van der Waals surface area contributed by atoms with E-state index in [0.29, 0.717) is 29.0 Å². The van der Waals surface area contributed by atoms with Crippen molar-refractivity contribution in [3.8, 4) is 11.4 Å². The van der Waals surface area contributed by atoms with Crippen LogP contribution in [0, 0.1) is 35.5 Å². The van der Waals surface area contributed by atoms with Crippen LogP contribution in [-0.4, -0.2) is 56.5 Å². The fourth-order valence-electron chi connectivity index (χ4n) is 5.74. The Balaban J connectivity index is 1.19. The Morgan fingerprint density at radius 2 is 1.87 bits per heavy atom. The Kier molecular flexibility index (Phi) is 3.80. The highest BCUT2D eigenvalue weighted by Crippen LogP contribution is 2.65. The molecule has 2 heterocycles. The number of hydrogen-bond acceptors (Lipinski definition) is 7. The zero-order chi connectivity index (χ0) is 21.3. The lowest BCUT2D eigenvalue weighted by molar-refractivity contribution is -0.142. The standard InChI is InChI=1S/C21H20N6O4/c1-31-16-5-2-10(6-15(16)27-9-22-24-25-27)23-17(28)8-26-20(29)18-11-3-4-12(14-7-13(11)14)19(18)21(26)30/h2-6,9,11-14,18-19H,7-8H2,1H3,(H,23,28)/t11-,12-,13-,14+,18+,19+/m0/s1. The molecule has 5 aliphatic rings. The maximum Gasteiger partial charge on any atom is 0.244 e. The van der Waals surface area contributed by atoms with Crippen LogP contribution >= 0.6 is 0 Å². The van der Waals surface area contributed by atoms with E-state index in [1.54, 1.807) is 18.2 Å². The highest BCUT2D eigenvalue weighted by Gasteiger charge is 2.67. The van der Waals surface area contributed by atoms with Crippen molar-refractivity contribution >= 4 is 23.4 Å². The Morgan fingerprint density at radius 3 is 2.48 bits per heavy atom. The average molecular weight is 420 g/mol. The van der Waals surface area contributed by atoms with Gasteiger partial charge in [-0.05, 0) is 58.7 Å². The van der Waals surface area contributed by atoms with Gasteiger partial charge in [-0.1, -0.05) is 12.2 Å². The predicted octanol–water partition coefficient (Wildman–Crippen LogP) is 0.662. The maximum atomic E-state index is 13.0. The quantitative estimate of drug-likeness (QED) is 0.557. The molecular weight excluding hydrogens is 400 g/mol. The summed E-state index contributed by atoms with van der Waals surface area (Å²) >= 11 is 0. The van der Waals surface area contributed by atoms with E-state index in [0.717, 1.165) is 11.3 Å². The fourth-order valence-corrected chi connectivity index (χ4v) is 5.74. The van der Waals surface area contributed by atoms with Crippen LogP contribution in [0.25, 0.3) is 5.69 Å². The van der Waals surface area contributed by atoms with Gasteiger partial charge in [-0.25, -0.2) is 0 Å². The Hall–Kier alpha value is -3.56. The number of hydrogen-bond donors (Lipinski definition) is 1. The zero-order valence-corrected chi connectivity index (χ0v) is 16.7. The second kappa shape index (κ2) is 6.47. The van der Waals surface area contributed by atoms with Crippen molar-refractivity contribution in [2.75, 3.05) is 19.0 Å². The minimum Gasteiger partial charge on any atom is -0.494 e. The Labute approximate surface area is 177 Å². The number of nitrogens with one attached hydrogen (secondary N) is 1. The van der Waals surface area contributed by atoms with Crippen molar-refractivity contribution in [2.24, 2.45) is 35.5 Å². The third-order valence-corrected chi connectivity index (χ3v) is 7.11. The van der Waals surface area contributed by atoms with Crippen LogP contribution in [0.3, 0.4) is 0 Å². The van der Waals surface area contributed by atoms with Crippen LogP contribution in [-0.2, 0) is 14.4 Å². The van der Waals surface area contributed by atoms with Gasteiger partial charge in [-0.2, -0.15) is 4.68 Å². The van der Waals surface area contributed by atoms with E-state index in [4.69, 9.17) is 4.74 Å². The zero-order valence-electron chi connectivity index (χ0n) is 16.7. The predicted molar refractivity (Wildman–Crippen MR) is 106 cm³/mol. The number of imide groups is 1. The number of aromatic nitrogens is 4. The van der Waals surface area contributed by atoms with Crippen molar-refractivity contribution in [2.45, 2.75) is 6.42 Å². The Morgan fingerprint density at radius 1 is 1.16 bits per heavy atom. The molecule has 0 spiro atoms. The number of carbonyl (C=O) groups is 3. The van der Waals surface area contributed by atoms with Gasteiger partial charge in [0, 0.05) is 5.69 Å². The van der Waals surface area contributed by atoms with Crippen molar-refractivity contribution in [3.05, 3.63) is 36.7 Å². The number of methoxy groups -OCH3 is 1. The number of tetrazole rings is 1. The second-order valence-electron chi connectivity index (χ2n) is 8.61. The summed E-state index contributed by atoms with van der Waals surface area (Å²) in [6.07, 6.45) is 6.76. The number of amides is 3. The monoisotopic (exact) mass is 420 g/mol. The second-order valence-corrected chi connectivity index (χ2v) is 8.61. The molecule has 0 unspecified atom stereocenters. The molecule has 31 heavy (non-hydrogen) atoms. The molecule has 3 fully saturated rings. The van der Waals surface area contributed by atoms with Gasteiger partial charge in [-0.15, -0.1) is 5.10 Å². The van der Waals surface area contributed by atoms with E-state index in [1.165, 1.54) is 18.1 Å². The van der Waals surface area contributed by atoms with Crippen LogP contribution in [0.15, 0.2) is 36.7 Å². The normalized spacial score (nSPS) is 32.1. The molecule has 2 bridgehead atoms. The molecule has 7 rings (SSSR count). The molecule has 2 saturated carbocycles. The minimum absolute atomic E-state index is 0.143. The first-order valence-corrected chi connectivity index (χ1v) is 10.3. The summed E-state index contributed by atoms with van der Waals surface area (Å²) in [5.74, 6) is 0.432. The lowest BCUT2D eigenvalue weighted by atomic mass is 9.63. The molecule has 3 amide bonds. The summed E-state index contributed by atoms with van der Waals surface area (Å²) in [6, 6.07) is 5.02. The first-order chi connectivity index (χ1) is 15.1. The summed E-state index contributed by atoms with van der Waals surface area (Å²) in [4.78, 5) is 39.9. The summed E-state index contributed by atoms with van der Waals surface area (Å²) in [5.41, 5.74) is 1.03. The van der Waals surface area contributed by atoms with E-state index in [1.807, 2.05) is 0 Å². The van der Waals surface area contributed by atoms with Gasteiger partial charge in [0.05, 0.1) is 18.9 Å². The smallest absolute Gasteiger partial charge is 0.244 e. The molecule has 1 aromatic heterocycles. The summed E-state index contributed by atoms with van der Waals surface area (Å²) in [7, 11) is 1.53. The molecule has 6 atom stereocenters. The minimum atomic E-state index is -0.432. The maximum absolute atomic E-state index is 13.0. The van der Waals surface area contributed by atoms with Gasteiger partial charge in [0.2, 0.25) is 17.7 Å². The number of likely N-dealkylation sites (tertiary alicyclic amines) is 1. The van der Waals surface area contributed by atoms with Crippen LogP contribution in [0.2, 0.25) is 0 Å². The van der Waals surface area contributed by atoms with Crippen molar-refractivity contribution in [1.29, 1.82) is 0 Å². The van der Waals surface area contributed by atoms with Crippen LogP contribution in [0.5, 0.6) is 5.75 Å². The van der Waals surface area contributed by atoms with E-state index >= 15 is 0 Å². The summed E-state index contributed by atoms with van der Waals surface area (Å²) in [5, 5.41) is 13.8. The lowest BCUT2D eigenvalue weighted by Gasteiger charge is -2.37. The number of benzene rings is 1. The van der Waals surface area contributed by atoms with Crippen LogP contribution in [0.1, 0.15) is 6.42 Å². The van der Waals surface area contributed by atoms with Crippen molar-refractivity contribution in [1.82, 2.24) is 25.1 Å². The third-order valence-electron chi connectivity index (χ3n) is 7.11. The molecule has 1 saturated heterocycles. The molecule has 10 heteroatoms. The number of ether oxygens (including phenoxy) is 1. The van der Waals surface area contributed by atoms with Crippen LogP contribution < -0.4 is 10.1 Å². The van der Waals surface area contributed by atoms with E-state index in [9.17, 15) is 14.4 Å². The van der Waals surface area contributed by atoms with E-state index in [-0.39, 0.29) is 42.0 Å². The molecule has 2 aromatic rings. The fraction of sp³-hybridized carbons (Fsp3) is 0.429. The summed E-state index contributed by atoms with van der Waals surface area (Å²) in [6.45, 7) is -0.286. The molecule has 1 aliphatic heterocycles. The first kappa shape index (κ1) is 18.2. The highest BCUT2D eigenvalue weighted by molar-refractivity contribution is 6.09. The van der Waals surface area contributed by atoms with Gasteiger partial charge in [-0.3, -0.25) is 19.3 Å². The van der Waals surface area contributed by atoms with E-state index in [2.05, 4.69) is 33.0 Å². The third kappa shape index (κ3) is 2.63. The largest absolute Gasteiger partial charge is 0.494 e. The highest BCUT2D eigenvalue weighted by atomic mass is 16.5. The van der Waals surface area contributed by atoms with E-state index < -0.39 is 5.91 Å². The topological polar surface area (TPSA) is 119 Å². The van der Waals surface area contributed by atoms with Gasteiger partial charge < -0.3 is 10.1 Å². The number of carbonyl (C=O) groups excluding carboxylic acids is 3. The molecular formula is C21H20N6O4.